The maximum absolute atomic E-state index is 14.2. The lowest BCUT2D eigenvalue weighted by Gasteiger charge is -2.30. The molecule has 2 aliphatic heterocycles. The second-order valence-corrected chi connectivity index (χ2v) is 15.5. The van der Waals surface area contributed by atoms with Crippen LogP contribution in [0.2, 0.25) is 0 Å². The van der Waals surface area contributed by atoms with E-state index in [1.807, 2.05) is 0 Å². The number of benzene rings is 7. The van der Waals surface area contributed by atoms with E-state index < -0.39 is 65.2 Å². The van der Waals surface area contributed by atoms with E-state index in [0.717, 1.165) is 40.1 Å². The van der Waals surface area contributed by atoms with Crippen LogP contribution in [0.3, 0.4) is 0 Å². The highest BCUT2D eigenvalue weighted by Crippen LogP contribution is 2.47. The number of hydrogen-bond donors (Lipinski definition) is 0. The van der Waals surface area contributed by atoms with Crippen LogP contribution in [0.5, 0.6) is 11.5 Å². The van der Waals surface area contributed by atoms with Crippen molar-refractivity contribution in [2.24, 2.45) is 0 Å². The number of amides is 4. The molecule has 15 heteroatoms. The number of rotatable bonds is 5. The summed E-state index contributed by atoms with van der Waals surface area (Å²) in [6.07, 6.45) is 0. The summed E-state index contributed by atoms with van der Waals surface area (Å²) in [6.45, 7) is 1.52. The fourth-order valence-corrected chi connectivity index (χ4v) is 8.86. The van der Waals surface area contributed by atoms with Crippen LogP contribution in [0.1, 0.15) is 47.0 Å². The number of aryl methyl sites for hydroxylation is 1. The molecule has 9 rings (SSSR count). The molecule has 7 aromatic carbocycles. The molecule has 0 saturated carbocycles. The molecule has 0 unspecified atom stereocenters. The van der Waals surface area contributed by atoms with Crippen LogP contribution >= 0.6 is 0 Å². The topological polar surface area (TPSA) is 198 Å². The molecule has 0 saturated heterocycles. The number of ether oxygens (including phenoxy) is 1. The van der Waals surface area contributed by atoms with Gasteiger partial charge < -0.3 is 13.8 Å². The Labute approximate surface area is 299 Å². The summed E-state index contributed by atoms with van der Waals surface area (Å²) < 4.78 is 78.7. The number of nitrogens with zero attached hydrogens (tertiary/aromatic N) is 2. The fraction of sp³-hybridized carbons (Fsp3) is 0.0526. The Balaban J connectivity index is 1.21. The summed E-state index contributed by atoms with van der Waals surface area (Å²) in [6, 6.07) is 19.8. The Hall–Kier alpha value is -6.26. The number of carbonyl (C=O) groups is 4. The molecule has 53 heavy (non-hydrogen) atoms. The molecule has 0 aromatic heterocycles. The minimum Gasteiger partial charge on any atom is -0.744 e. The zero-order valence-corrected chi connectivity index (χ0v) is 28.9. The Morgan fingerprint density at radius 2 is 0.906 bits per heavy atom. The van der Waals surface area contributed by atoms with E-state index in [9.17, 15) is 45.1 Å². The van der Waals surface area contributed by atoms with Gasteiger partial charge in [0.15, 0.2) is 0 Å². The first-order valence-corrected chi connectivity index (χ1v) is 18.6. The predicted molar refractivity (Wildman–Crippen MR) is 189 cm³/mol. The molecule has 262 valence electrons. The van der Waals surface area contributed by atoms with E-state index in [-0.39, 0.29) is 16.8 Å². The number of fused-ring (bicyclic) bond motifs is 2. The molecule has 0 fully saturated rings. The third-order valence-electron chi connectivity index (χ3n) is 9.88. The van der Waals surface area contributed by atoms with Crippen LogP contribution in [0, 0.1) is 6.92 Å². The van der Waals surface area contributed by atoms with Gasteiger partial charge in [0.1, 0.15) is 31.7 Å². The summed E-state index contributed by atoms with van der Waals surface area (Å²) in [5.74, 6) is -3.66. The van der Waals surface area contributed by atoms with Gasteiger partial charge in [0, 0.05) is 40.1 Å². The SMILES string of the molecule is Cc1ccc(Oc2ccc(N3C(=O)c4ccc5c6ccc7c8c(ccc(c9ccc(c4c59)C3=O)c86)C(=O)N(C)C7=O)cc2S(=O)(=O)[O-])c(S(=O)(=O)[O-])c1. The van der Waals surface area contributed by atoms with Crippen molar-refractivity contribution in [3.8, 4) is 11.5 Å². The van der Waals surface area contributed by atoms with Gasteiger partial charge in [0.25, 0.3) is 23.6 Å². The summed E-state index contributed by atoms with van der Waals surface area (Å²) >= 11 is 0. The minimum atomic E-state index is -5.37. The molecule has 0 N–H and O–H groups in total. The van der Waals surface area contributed by atoms with E-state index in [2.05, 4.69) is 0 Å². The average Bonchev–Trinajstić information content (AvgIpc) is 3.11. The van der Waals surface area contributed by atoms with Crippen molar-refractivity contribution < 1.29 is 49.9 Å². The van der Waals surface area contributed by atoms with Crippen LogP contribution in [-0.2, 0) is 20.2 Å². The van der Waals surface area contributed by atoms with Crippen LogP contribution in [-0.4, -0.2) is 61.5 Å². The number of carbonyl (C=O) groups excluding carboxylic acids is 4. The third kappa shape index (κ3) is 4.48. The van der Waals surface area contributed by atoms with E-state index in [1.165, 1.54) is 32.2 Å². The summed E-state index contributed by atoms with van der Waals surface area (Å²) in [7, 11) is -9.03. The molecular weight excluding hydrogens is 725 g/mol. The maximum Gasteiger partial charge on any atom is 0.265 e. The Morgan fingerprint density at radius 3 is 1.34 bits per heavy atom. The lowest BCUT2D eigenvalue weighted by molar-refractivity contribution is 0.0649. The first kappa shape index (κ1) is 32.6. The summed E-state index contributed by atoms with van der Waals surface area (Å²) in [5, 5.41) is 4.90. The van der Waals surface area contributed by atoms with Gasteiger partial charge in [-0.15, -0.1) is 0 Å². The number of anilines is 1. The van der Waals surface area contributed by atoms with Gasteiger partial charge in [0.2, 0.25) is 0 Å². The van der Waals surface area contributed by atoms with Gasteiger partial charge in [-0.1, -0.05) is 30.3 Å². The monoisotopic (exact) mass is 744 g/mol. The highest BCUT2D eigenvalue weighted by atomic mass is 32.2. The Morgan fingerprint density at radius 1 is 0.509 bits per heavy atom. The van der Waals surface area contributed by atoms with Gasteiger partial charge in [-0.2, -0.15) is 0 Å². The summed E-state index contributed by atoms with van der Waals surface area (Å²) in [4.78, 5) is 54.6. The average molecular weight is 745 g/mol. The molecule has 0 aliphatic carbocycles. The van der Waals surface area contributed by atoms with Crippen molar-refractivity contribution in [1.29, 1.82) is 0 Å². The second kappa shape index (κ2) is 10.6. The number of imide groups is 2. The molecule has 2 aliphatic rings. The van der Waals surface area contributed by atoms with E-state index in [0.29, 0.717) is 59.8 Å². The quantitative estimate of drug-likeness (QED) is 0.0910. The molecule has 4 amide bonds. The summed E-state index contributed by atoms with van der Waals surface area (Å²) in [5.41, 5.74) is 1.08. The molecule has 0 atom stereocenters. The fourth-order valence-electron chi connectivity index (χ4n) is 7.55. The molecule has 2 heterocycles. The largest absolute Gasteiger partial charge is 0.744 e. The van der Waals surface area contributed by atoms with Crippen LogP contribution in [0.4, 0.5) is 5.69 Å². The number of hydrogen-bond acceptors (Lipinski definition) is 11. The predicted octanol–water partition coefficient (Wildman–Crippen LogP) is 5.67. The molecule has 0 spiro atoms. The molecular formula is C38H20N2O11S2-2. The lowest BCUT2D eigenvalue weighted by atomic mass is 9.82. The standard InChI is InChI=1S/C38H22N2O11S2/c1-17-3-13-27(29(15-17)52(45,46)47)51-28-14-4-18(16-30(28)53(48,49)50)40-37(43)25-11-7-21-19-5-9-23-33-24(36(42)39(2)35(23)41)10-6-20(31(19)33)22-8-12-26(38(40)44)34(25)32(21)22/h3-16H,1-2H3,(H,45,46,47)(H,48,49,50)/p-2. The van der Waals surface area contributed by atoms with Crippen LogP contribution in [0.15, 0.2) is 94.7 Å². The molecule has 0 radical (unpaired) electrons. The van der Waals surface area contributed by atoms with E-state index in [1.54, 1.807) is 36.4 Å². The highest BCUT2D eigenvalue weighted by Gasteiger charge is 2.37. The molecule has 0 bridgehead atoms. The van der Waals surface area contributed by atoms with Crippen LogP contribution in [0.25, 0.3) is 43.1 Å². The highest BCUT2D eigenvalue weighted by molar-refractivity contribution is 7.86. The Kier molecular flexibility index (Phi) is 6.55. The first-order valence-electron chi connectivity index (χ1n) is 15.8. The van der Waals surface area contributed by atoms with Gasteiger partial charge in [-0.05, 0) is 99.4 Å². The lowest BCUT2D eigenvalue weighted by Crippen LogP contribution is -2.40. The Bertz CT molecular complexity index is 3030. The van der Waals surface area contributed by atoms with Crippen molar-refractivity contribution in [2.75, 3.05) is 11.9 Å². The second-order valence-electron chi connectivity index (χ2n) is 12.8. The van der Waals surface area contributed by atoms with Crippen molar-refractivity contribution in [2.45, 2.75) is 16.7 Å². The van der Waals surface area contributed by atoms with Gasteiger partial charge >= 0.3 is 0 Å². The van der Waals surface area contributed by atoms with E-state index in [4.69, 9.17) is 4.74 Å². The van der Waals surface area contributed by atoms with Crippen LogP contribution < -0.4 is 9.64 Å². The van der Waals surface area contributed by atoms with Crippen molar-refractivity contribution >= 4 is 92.6 Å². The van der Waals surface area contributed by atoms with E-state index >= 15 is 0 Å². The van der Waals surface area contributed by atoms with Crippen molar-refractivity contribution in [1.82, 2.24) is 4.90 Å². The van der Waals surface area contributed by atoms with Crippen molar-refractivity contribution in [3.63, 3.8) is 0 Å². The molecule has 13 nitrogen and oxygen atoms in total. The minimum absolute atomic E-state index is 0.109. The zero-order chi connectivity index (χ0) is 37.5. The zero-order valence-electron chi connectivity index (χ0n) is 27.3. The first-order chi connectivity index (χ1) is 25.1. The van der Waals surface area contributed by atoms with Gasteiger partial charge in [-0.3, -0.25) is 24.1 Å². The molecule has 7 aromatic rings. The van der Waals surface area contributed by atoms with Crippen molar-refractivity contribution in [3.05, 3.63) is 113 Å². The van der Waals surface area contributed by atoms with Gasteiger partial charge in [0.05, 0.1) is 15.5 Å². The third-order valence-corrected chi connectivity index (χ3v) is 11.6. The maximum atomic E-state index is 14.2. The van der Waals surface area contributed by atoms with Gasteiger partial charge in [-0.25, -0.2) is 21.7 Å². The smallest absolute Gasteiger partial charge is 0.265 e. The normalized spacial score (nSPS) is 14.8.